The molecule has 4 nitrogen and oxygen atoms in total. The van der Waals surface area contributed by atoms with Gasteiger partial charge in [0, 0.05) is 18.8 Å². The molecule has 1 aromatic heterocycles. The van der Waals surface area contributed by atoms with Gasteiger partial charge in [-0.2, -0.15) is 0 Å². The number of fused-ring (bicyclic) bond motifs is 1. The lowest BCUT2D eigenvalue weighted by Gasteiger charge is -2.15. The summed E-state index contributed by atoms with van der Waals surface area (Å²) in [6.07, 6.45) is 3.50. The van der Waals surface area contributed by atoms with Crippen molar-refractivity contribution in [2.75, 3.05) is 6.54 Å². The maximum atomic E-state index is 11.9. The molecule has 0 bridgehead atoms. The number of aromatic nitrogens is 1. The van der Waals surface area contributed by atoms with E-state index < -0.39 is 0 Å². The fourth-order valence-corrected chi connectivity index (χ4v) is 2.04. The molecule has 0 spiro atoms. The van der Waals surface area contributed by atoms with Gasteiger partial charge in [-0.15, -0.1) is 0 Å². The Morgan fingerprint density at radius 1 is 1.26 bits per heavy atom. The highest BCUT2D eigenvalue weighted by atomic mass is 16.5. The normalized spacial score (nSPS) is 13.1. The van der Waals surface area contributed by atoms with Crippen molar-refractivity contribution in [3.63, 3.8) is 0 Å². The van der Waals surface area contributed by atoms with Gasteiger partial charge in [0.1, 0.15) is 6.61 Å². The molecule has 0 fully saturated rings. The molecule has 1 aliphatic heterocycles. The lowest BCUT2D eigenvalue weighted by atomic mass is 10.2. The number of ether oxygens (including phenoxy) is 1. The van der Waals surface area contributed by atoms with Crippen molar-refractivity contribution in [2.24, 2.45) is 4.99 Å². The molecule has 0 saturated heterocycles. The predicted octanol–water partition coefficient (Wildman–Crippen LogP) is 1.86. The minimum absolute atomic E-state index is 0.101. The van der Waals surface area contributed by atoms with Crippen LogP contribution in [0.25, 0.3) is 0 Å². The highest BCUT2D eigenvalue weighted by Gasteiger charge is 2.08. The Morgan fingerprint density at radius 2 is 2.11 bits per heavy atom. The fourth-order valence-electron chi connectivity index (χ4n) is 2.04. The molecule has 1 aliphatic rings. The van der Waals surface area contributed by atoms with Crippen LogP contribution in [-0.4, -0.2) is 17.3 Å². The van der Waals surface area contributed by atoms with Gasteiger partial charge in [0.25, 0.3) is 0 Å². The van der Waals surface area contributed by atoms with Gasteiger partial charge in [-0.3, -0.25) is 9.79 Å². The molecule has 0 saturated carbocycles. The van der Waals surface area contributed by atoms with E-state index in [0.29, 0.717) is 12.4 Å². The van der Waals surface area contributed by atoms with Crippen LogP contribution in [0.5, 0.6) is 5.75 Å². The summed E-state index contributed by atoms with van der Waals surface area (Å²) < 4.78 is 7.61. The van der Waals surface area contributed by atoms with Crippen LogP contribution in [0.15, 0.2) is 52.4 Å². The van der Waals surface area contributed by atoms with Crippen LogP contribution in [0.2, 0.25) is 0 Å². The van der Waals surface area contributed by atoms with Crippen molar-refractivity contribution in [1.29, 1.82) is 0 Å². The number of hydrogen-bond donors (Lipinski definition) is 0. The van der Waals surface area contributed by atoms with Gasteiger partial charge in [-0.05, 0) is 5.56 Å². The Balaban J connectivity index is 1.82. The third kappa shape index (κ3) is 2.57. The molecule has 0 radical (unpaired) electrons. The van der Waals surface area contributed by atoms with E-state index in [2.05, 4.69) is 4.99 Å². The number of nitrogens with zero attached hydrogens (tertiary/aromatic N) is 2. The summed E-state index contributed by atoms with van der Waals surface area (Å²) >= 11 is 0. The predicted molar refractivity (Wildman–Crippen MR) is 73.9 cm³/mol. The van der Waals surface area contributed by atoms with Gasteiger partial charge >= 0.3 is 0 Å². The lowest BCUT2D eigenvalue weighted by Crippen LogP contribution is -2.19. The largest absolute Gasteiger partial charge is 0.483 e. The van der Waals surface area contributed by atoms with Crippen LogP contribution in [0.1, 0.15) is 11.3 Å². The molecule has 3 rings (SSSR count). The molecule has 2 heterocycles. The number of aliphatic imine (C=N–C) groups is 1. The van der Waals surface area contributed by atoms with Crippen LogP contribution in [-0.2, 0) is 13.2 Å². The van der Waals surface area contributed by atoms with Crippen molar-refractivity contribution in [2.45, 2.75) is 13.2 Å². The second-order valence-electron chi connectivity index (χ2n) is 4.43. The average molecular weight is 254 g/mol. The monoisotopic (exact) mass is 254 g/mol. The summed E-state index contributed by atoms with van der Waals surface area (Å²) in [6, 6.07) is 11.4. The summed E-state index contributed by atoms with van der Waals surface area (Å²) in [5.41, 5.74) is 1.78. The second-order valence-corrected chi connectivity index (χ2v) is 4.43. The van der Waals surface area contributed by atoms with Crippen LogP contribution in [0, 0.1) is 0 Å². The molecule has 2 aromatic rings. The molecule has 0 N–H and O–H groups in total. The number of hydrogen-bond acceptors (Lipinski definition) is 3. The number of pyridine rings is 1. The zero-order valence-electron chi connectivity index (χ0n) is 10.5. The van der Waals surface area contributed by atoms with E-state index in [0.717, 1.165) is 24.3 Å². The zero-order chi connectivity index (χ0) is 13.1. The Morgan fingerprint density at radius 3 is 2.95 bits per heavy atom. The third-order valence-corrected chi connectivity index (χ3v) is 3.06. The van der Waals surface area contributed by atoms with Gasteiger partial charge in [0.2, 0.25) is 5.43 Å². The van der Waals surface area contributed by atoms with Crippen LogP contribution >= 0.6 is 0 Å². The van der Waals surface area contributed by atoms with Gasteiger partial charge in [0.05, 0.1) is 18.4 Å². The minimum atomic E-state index is -0.101. The van der Waals surface area contributed by atoms with Gasteiger partial charge in [-0.1, -0.05) is 30.3 Å². The highest BCUT2D eigenvalue weighted by molar-refractivity contribution is 5.78. The van der Waals surface area contributed by atoms with Crippen LogP contribution in [0.4, 0.5) is 0 Å². The van der Waals surface area contributed by atoms with E-state index >= 15 is 0 Å². The van der Waals surface area contributed by atoms with E-state index in [9.17, 15) is 4.79 Å². The number of rotatable bonds is 3. The van der Waals surface area contributed by atoms with Crippen molar-refractivity contribution < 1.29 is 4.74 Å². The Hall–Kier alpha value is -2.36. The Bertz CT molecular complexity index is 660. The Labute approximate surface area is 111 Å². The quantitative estimate of drug-likeness (QED) is 0.839. The van der Waals surface area contributed by atoms with Crippen molar-refractivity contribution in [3.05, 3.63) is 64.1 Å². The topological polar surface area (TPSA) is 43.6 Å². The molecule has 96 valence electrons. The molecular formula is C15H14N2O2. The lowest BCUT2D eigenvalue weighted by molar-refractivity contribution is 0.300. The third-order valence-electron chi connectivity index (χ3n) is 3.06. The molecule has 0 unspecified atom stereocenters. The summed E-state index contributed by atoms with van der Waals surface area (Å²) in [5.74, 6) is 0.392. The average Bonchev–Trinajstić information content (AvgIpc) is 2.46. The molecular weight excluding hydrogens is 240 g/mol. The van der Waals surface area contributed by atoms with E-state index in [-0.39, 0.29) is 5.43 Å². The van der Waals surface area contributed by atoms with Gasteiger partial charge in [0.15, 0.2) is 5.75 Å². The maximum absolute atomic E-state index is 11.9. The van der Waals surface area contributed by atoms with E-state index in [4.69, 9.17) is 4.74 Å². The van der Waals surface area contributed by atoms with E-state index in [1.165, 1.54) is 0 Å². The maximum Gasteiger partial charge on any atom is 0.224 e. The summed E-state index contributed by atoms with van der Waals surface area (Å²) in [5, 5.41) is 0. The van der Waals surface area contributed by atoms with Gasteiger partial charge < -0.3 is 9.30 Å². The summed E-state index contributed by atoms with van der Waals surface area (Å²) in [6.45, 7) is 1.94. The fraction of sp³-hybridized carbons (Fsp3) is 0.200. The molecule has 0 aliphatic carbocycles. The minimum Gasteiger partial charge on any atom is -0.483 e. The molecule has 19 heavy (non-hydrogen) atoms. The zero-order valence-corrected chi connectivity index (χ0v) is 10.5. The van der Waals surface area contributed by atoms with Crippen molar-refractivity contribution >= 4 is 6.21 Å². The highest BCUT2D eigenvalue weighted by Crippen LogP contribution is 2.10. The molecule has 0 amide bonds. The van der Waals surface area contributed by atoms with Gasteiger partial charge in [-0.25, -0.2) is 0 Å². The molecule has 1 aromatic carbocycles. The Kier molecular flexibility index (Phi) is 3.14. The van der Waals surface area contributed by atoms with Crippen LogP contribution in [0.3, 0.4) is 0 Å². The first-order valence-corrected chi connectivity index (χ1v) is 6.24. The SMILES string of the molecule is O=c1cc2n(cc1OCc1ccccc1)CCN=C2. The smallest absolute Gasteiger partial charge is 0.224 e. The van der Waals surface area contributed by atoms with Crippen molar-refractivity contribution in [3.8, 4) is 5.75 Å². The standard InChI is InChI=1S/C15H14N2O2/c18-14-8-13-9-16-6-7-17(13)10-15(14)19-11-12-4-2-1-3-5-12/h1-5,8-10H,6-7,11H2. The molecule has 0 atom stereocenters. The summed E-state index contributed by atoms with van der Waals surface area (Å²) in [7, 11) is 0. The first-order chi connectivity index (χ1) is 9.33. The first kappa shape index (κ1) is 11.7. The molecule has 4 heteroatoms. The first-order valence-electron chi connectivity index (χ1n) is 6.24. The second kappa shape index (κ2) is 5.10. The van der Waals surface area contributed by atoms with Crippen LogP contribution < -0.4 is 10.2 Å². The van der Waals surface area contributed by atoms with E-state index in [1.807, 2.05) is 34.9 Å². The number of benzene rings is 1. The summed E-state index contributed by atoms with van der Waals surface area (Å²) in [4.78, 5) is 16.1. The van der Waals surface area contributed by atoms with Crippen molar-refractivity contribution in [1.82, 2.24) is 4.57 Å². The van der Waals surface area contributed by atoms with E-state index in [1.54, 1.807) is 18.5 Å².